The highest BCUT2D eigenvalue weighted by Crippen LogP contribution is 2.21. The summed E-state index contributed by atoms with van der Waals surface area (Å²) in [6, 6.07) is 5.28. The minimum Gasteiger partial charge on any atom is -0.483 e. The van der Waals surface area contributed by atoms with Crippen molar-refractivity contribution in [3.8, 4) is 5.75 Å². The van der Waals surface area contributed by atoms with E-state index in [4.69, 9.17) is 16.3 Å². The SMILES string of the molecule is Cc1cc(Cl)ccc1OCC(=O)NN=C1CCSC1. The summed E-state index contributed by atoms with van der Waals surface area (Å²) in [6.45, 7) is 1.83. The largest absolute Gasteiger partial charge is 0.483 e. The first-order valence-electron chi connectivity index (χ1n) is 5.96. The van der Waals surface area contributed by atoms with Crippen molar-refractivity contribution in [3.63, 3.8) is 0 Å². The molecule has 19 heavy (non-hydrogen) atoms. The quantitative estimate of drug-likeness (QED) is 0.870. The summed E-state index contributed by atoms with van der Waals surface area (Å²) in [4.78, 5) is 11.6. The van der Waals surface area contributed by atoms with Gasteiger partial charge in [0.15, 0.2) is 6.61 Å². The fourth-order valence-corrected chi connectivity index (χ4v) is 2.83. The Hall–Kier alpha value is -1.20. The van der Waals surface area contributed by atoms with Gasteiger partial charge in [0.05, 0.1) is 0 Å². The van der Waals surface area contributed by atoms with E-state index >= 15 is 0 Å². The van der Waals surface area contributed by atoms with Gasteiger partial charge in [-0.3, -0.25) is 4.79 Å². The standard InChI is InChI=1S/C13H15ClN2O2S/c1-9-6-10(14)2-3-12(9)18-7-13(17)16-15-11-4-5-19-8-11/h2-3,6H,4-5,7-8H2,1H3,(H,16,17). The molecule has 0 aliphatic carbocycles. The molecule has 0 saturated carbocycles. The van der Waals surface area contributed by atoms with Crippen molar-refractivity contribution in [1.82, 2.24) is 5.43 Å². The van der Waals surface area contributed by atoms with Gasteiger partial charge in [0.1, 0.15) is 5.75 Å². The highest BCUT2D eigenvalue weighted by molar-refractivity contribution is 8.00. The molecular formula is C13H15ClN2O2S. The lowest BCUT2D eigenvalue weighted by Crippen LogP contribution is -2.26. The summed E-state index contributed by atoms with van der Waals surface area (Å²) >= 11 is 7.67. The number of thioether (sulfide) groups is 1. The molecule has 1 fully saturated rings. The van der Waals surface area contributed by atoms with Crippen molar-refractivity contribution in [2.45, 2.75) is 13.3 Å². The van der Waals surface area contributed by atoms with Gasteiger partial charge >= 0.3 is 0 Å². The number of carbonyl (C=O) groups is 1. The van der Waals surface area contributed by atoms with Crippen LogP contribution >= 0.6 is 23.4 Å². The topological polar surface area (TPSA) is 50.7 Å². The molecule has 1 amide bonds. The van der Waals surface area contributed by atoms with Crippen LogP contribution in [0.2, 0.25) is 5.02 Å². The molecule has 1 aliphatic heterocycles. The molecule has 1 aromatic carbocycles. The summed E-state index contributed by atoms with van der Waals surface area (Å²) in [5, 5.41) is 4.72. The normalized spacial score (nSPS) is 16.6. The lowest BCUT2D eigenvalue weighted by atomic mass is 10.2. The molecule has 1 saturated heterocycles. The molecule has 1 heterocycles. The van der Waals surface area contributed by atoms with Gasteiger partial charge in [-0.15, -0.1) is 0 Å². The Morgan fingerprint density at radius 1 is 1.58 bits per heavy atom. The zero-order chi connectivity index (χ0) is 13.7. The van der Waals surface area contributed by atoms with Crippen molar-refractivity contribution in [2.24, 2.45) is 5.10 Å². The van der Waals surface area contributed by atoms with E-state index in [1.807, 2.05) is 18.7 Å². The Morgan fingerprint density at radius 3 is 3.11 bits per heavy atom. The lowest BCUT2D eigenvalue weighted by molar-refractivity contribution is -0.123. The monoisotopic (exact) mass is 298 g/mol. The van der Waals surface area contributed by atoms with E-state index in [2.05, 4.69) is 10.5 Å². The fraction of sp³-hybridized carbons (Fsp3) is 0.385. The van der Waals surface area contributed by atoms with E-state index in [1.165, 1.54) is 0 Å². The highest BCUT2D eigenvalue weighted by Gasteiger charge is 2.09. The van der Waals surface area contributed by atoms with Gasteiger partial charge < -0.3 is 4.74 Å². The van der Waals surface area contributed by atoms with E-state index in [1.54, 1.807) is 18.2 Å². The Bertz CT molecular complexity index is 497. The molecule has 1 N–H and O–H groups in total. The molecule has 1 aliphatic rings. The summed E-state index contributed by atoms with van der Waals surface area (Å²) in [6.07, 6.45) is 0.947. The molecule has 0 unspecified atom stereocenters. The average Bonchev–Trinajstić information content (AvgIpc) is 2.88. The van der Waals surface area contributed by atoms with Crippen LogP contribution in [0.25, 0.3) is 0 Å². The second-order valence-electron chi connectivity index (χ2n) is 4.21. The van der Waals surface area contributed by atoms with Crippen LogP contribution in [-0.4, -0.2) is 29.7 Å². The summed E-state index contributed by atoms with van der Waals surface area (Å²) < 4.78 is 5.42. The molecular weight excluding hydrogens is 284 g/mol. The average molecular weight is 299 g/mol. The summed E-state index contributed by atoms with van der Waals surface area (Å²) in [5.74, 6) is 2.38. The number of nitrogens with one attached hydrogen (secondary N) is 1. The maximum atomic E-state index is 11.6. The Labute approximate surface area is 121 Å². The van der Waals surface area contributed by atoms with Gasteiger partial charge in [-0.2, -0.15) is 16.9 Å². The number of hydrogen-bond donors (Lipinski definition) is 1. The maximum Gasteiger partial charge on any atom is 0.277 e. The first-order chi connectivity index (χ1) is 9.15. The molecule has 102 valence electrons. The van der Waals surface area contributed by atoms with Crippen LogP contribution < -0.4 is 10.2 Å². The van der Waals surface area contributed by atoms with E-state index in [0.29, 0.717) is 10.8 Å². The number of hydrazone groups is 1. The van der Waals surface area contributed by atoms with Crippen LogP contribution in [0, 0.1) is 6.92 Å². The van der Waals surface area contributed by atoms with Crippen molar-refractivity contribution >= 4 is 35.0 Å². The highest BCUT2D eigenvalue weighted by atomic mass is 35.5. The molecule has 0 bridgehead atoms. The smallest absolute Gasteiger partial charge is 0.277 e. The van der Waals surface area contributed by atoms with E-state index in [0.717, 1.165) is 29.2 Å². The first-order valence-corrected chi connectivity index (χ1v) is 7.49. The lowest BCUT2D eigenvalue weighted by Gasteiger charge is -2.08. The summed E-state index contributed by atoms with van der Waals surface area (Å²) in [5.41, 5.74) is 4.44. The zero-order valence-corrected chi connectivity index (χ0v) is 12.2. The third-order valence-electron chi connectivity index (χ3n) is 2.64. The number of amides is 1. The van der Waals surface area contributed by atoms with Gasteiger partial charge in [0, 0.05) is 16.5 Å². The van der Waals surface area contributed by atoms with Crippen LogP contribution in [0.5, 0.6) is 5.75 Å². The van der Waals surface area contributed by atoms with E-state index < -0.39 is 0 Å². The van der Waals surface area contributed by atoms with Crippen LogP contribution in [0.4, 0.5) is 0 Å². The minimum absolute atomic E-state index is 0.0492. The maximum absolute atomic E-state index is 11.6. The third-order valence-corrected chi connectivity index (χ3v) is 3.90. The third kappa shape index (κ3) is 4.44. The van der Waals surface area contributed by atoms with Crippen molar-refractivity contribution in [3.05, 3.63) is 28.8 Å². The van der Waals surface area contributed by atoms with E-state index in [9.17, 15) is 4.79 Å². The van der Waals surface area contributed by atoms with Gasteiger partial charge in [0.2, 0.25) is 0 Å². The number of ether oxygens (including phenoxy) is 1. The molecule has 0 atom stereocenters. The molecule has 4 nitrogen and oxygen atoms in total. The molecule has 6 heteroatoms. The van der Waals surface area contributed by atoms with Gasteiger partial charge in [-0.1, -0.05) is 11.6 Å². The molecule has 0 spiro atoms. The zero-order valence-electron chi connectivity index (χ0n) is 10.6. The molecule has 0 radical (unpaired) electrons. The predicted molar refractivity (Wildman–Crippen MR) is 79.2 cm³/mol. The number of rotatable bonds is 4. The predicted octanol–water partition coefficient (Wildman–Crippen LogP) is 2.64. The fourth-order valence-electron chi connectivity index (χ4n) is 1.63. The van der Waals surface area contributed by atoms with Crippen LogP contribution in [-0.2, 0) is 4.79 Å². The Kier molecular flexibility index (Phi) is 5.10. The first kappa shape index (κ1) is 14.2. The van der Waals surface area contributed by atoms with Gasteiger partial charge in [-0.25, -0.2) is 5.43 Å². The van der Waals surface area contributed by atoms with Crippen molar-refractivity contribution in [2.75, 3.05) is 18.1 Å². The van der Waals surface area contributed by atoms with Gasteiger partial charge in [-0.05, 0) is 42.9 Å². The number of halogens is 1. The Morgan fingerprint density at radius 2 is 2.42 bits per heavy atom. The number of nitrogens with zero attached hydrogens (tertiary/aromatic N) is 1. The van der Waals surface area contributed by atoms with Crippen LogP contribution in [0.3, 0.4) is 0 Å². The van der Waals surface area contributed by atoms with Crippen LogP contribution in [0.15, 0.2) is 23.3 Å². The Balaban J connectivity index is 1.81. The summed E-state index contributed by atoms with van der Waals surface area (Å²) in [7, 11) is 0. The van der Waals surface area contributed by atoms with Crippen LogP contribution in [0.1, 0.15) is 12.0 Å². The van der Waals surface area contributed by atoms with Crippen molar-refractivity contribution in [1.29, 1.82) is 0 Å². The van der Waals surface area contributed by atoms with Crippen molar-refractivity contribution < 1.29 is 9.53 Å². The minimum atomic E-state index is -0.251. The van der Waals surface area contributed by atoms with Gasteiger partial charge in [0.25, 0.3) is 5.91 Å². The number of hydrogen-bond acceptors (Lipinski definition) is 4. The number of aryl methyl sites for hydroxylation is 1. The second-order valence-corrected chi connectivity index (χ2v) is 5.76. The molecule has 0 aromatic heterocycles. The molecule has 1 aromatic rings. The number of benzene rings is 1. The molecule has 2 rings (SSSR count). The van der Waals surface area contributed by atoms with E-state index in [-0.39, 0.29) is 12.5 Å². The number of carbonyl (C=O) groups excluding carboxylic acids is 1. The second kappa shape index (κ2) is 6.82.